The molecule has 0 aliphatic carbocycles. The molecule has 0 saturated carbocycles. The molecule has 108 valence electrons. The van der Waals surface area contributed by atoms with E-state index in [0.29, 0.717) is 25.0 Å². The van der Waals surface area contributed by atoms with Crippen molar-refractivity contribution >= 4 is 11.9 Å². The number of benzene rings is 1. The number of piperidine rings is 1. The molecule has 4 heteroatoms. The Morgan fingerprint density at radius 2 is 1.75 bits per heavy atom. The Morgan fingerprint density at radius 3 is 2.45 bits per heavy atom. The largest absolute Gasteiger partial charge is 0.462 e. The summed E-state index contributed by atoms with van der Waals surface area (Å²) in [7, 11) is 0. The molecule has 1 fully saturated rings. The number of hydrogen-bond donors (Lipinski definition) is 0. The van der Waals surface area contributed by atoms with Crippen LogP contribution in [0.3, 0.4) is 0 Å². The molecular weight excluding hydrogens is 254 g/mol. The molecule has 1 aromatic rings. The molecule has 1 aliphatic heterocycles. The molecule has 1 heterocycles. The van der Waals surface area contributed by atoms with E-state index in [0.717, 1.165) is 25.9 Å². The summed E-state index contributed by atoms with van der Waals surface area (Å²) >= 11 is 0. The van der Waals surface area contributed by atoms with Gasteiger partial charge in [-0.15, -0.1) is 0 Å². The van der Waals surface area contributed by atoms with Crippen LogP contribution in [0, 0.1) is 0 Å². The molecule has 4 nitrogen and oxygen atoms in total. The first-order valence-corrected chi connectivity index (χ1v) is 7.27. The molecule has 0 atom stereocenters. The standard InChI is InChI=1S/C16H21NO3/c18-15(17-11-5-2-6-12-17)10-7-13-20-16(19)14-8-3-1-4-9-14/h1,3-4,8-9H,2,5-7,10-13H2. The van der Waals surface area contributed by atoms with Crippen LogP contribution in [0.1, 0.15) is 42.5 Å². The Morgan fingerprint density at radius 1 is 1.05 bits per heavy atom. The molecule has 20 heavy (non-hydrogen) atoms. The van der Waals surface area contributed by atoms with Crippen LogP contribution in [0.2, 0.25) is 0 Å². The summed E-state index contributed by atoms with van der Waals surface area (Å²) in [5.74, 6) is -0.142. The minimum atomic E-state index is -0.323. The summed E-state index contributed by atoms with van der Waals surface area (Å²) in [5.41, 5.74) is 0.551. The predicted molar refractivity (Wildman–Crippen MR) is 76.4 cm³/mol. The molecule has 1 aromatic carbocycles. The lowest BCUT2D eigenvalue weighted by atomic mass is 10.1. The number of rotatable bonds is 5. The van der Waals surface area contributed by atoms with Crippen molar-refractivity contribution in [2.24, 2.45) is 0 Å². The van der Waals surface area contributed by atoms with Gasteiger partial charge in [-0.3, -0.25) is 4.79 Å². The number of carbonyl (C=O) groups is 2. The van der Waals surface area contributed by atoms with Gasteiger partial charge in [0.25, 0.3) is 0 Å². The number of esters is 1. The monoisotopic (exact) mass is 275 g/mol. The highest BCUT2D eigenvalue weighted by molar-refractivity contribution is 5.89. The number of hydrogen-bond acceptors (Lipinski definition) is 3. The second-order valence-electron chi connectivity index (χ2n) is 5.05. The van der Waals surface area contributed by atoms with Gasteiger partial charge in [-0.25, -0.2) is 4.79 Å². The van der Waals surface area contributed by atoms with Gasteiger partial charge in [-0.2, -0.15) is 0 Å². The maximum absolute atomic E-state index is 11.9. The summed E-state index contributed by atoms with van der Waals surface area (Å²) in [6.45, 7) is 2.05. The normalized spacial score (nSPS) is 14.9. The molecular formula is C16H21NO3. The Hall–Kier alpha value is -1.84. The molecule has 0 unspecified atom stereocenters. The maximum atomic E-state index is 11.9. The van der Waals surface area contributed by atoms with E-state index in [1.807, 2.05) is 11.0 Å². The molecule has 1 aliphatic rings. The van der Waals surface area contributed by atoms with Crippen LogP contribution in [-0.2, 0) is 9.53 Å². The fourth-order valence-corrected chi connectivity index (χ4v) is 2.35. The van der Waals surface area contributed by atoms with Crippen molar-refractivity contribution in [3.05, 3.63) is 35.9 Å². The molecule has 0 aromatic heterocycles. The van der Waals surface area contributed by atoms with Gasteiger partial charge < -0.3 is 9.64 Å². The zero-order chi connectivity index (χ0) is 14.2. The van der Waals surface area contributed by atoms with Gasteiger partial charge >= 0.3 is 5.97 Å². The van der Waals surface area contributed by atoms with Crippen molar-refractivity contribution in [2.75, 3.05) is 19.7 Å². The van der Waals surface area contributed by atoms with E-state index in [2.05, 4.69) is 0 Å². The molecule has 0 spiro atoms. The Balaban J connectivity index is 1.64. The van der Waals surface area contributed by atoms with Crippen molar-refractivity contribution < 1.29 is 14.3 Å². The van der Waals surface area contributed by atoms with Gasteiger partial charge in [0.1, 0.15) is 0 Å². The Kier molecular flexibility index (Phi) is 5.59. The summed E-state index contributed by atoms with van der Waals surface area (Å²) in [6, 6.07) is 8.91. The minimum Gasteiger partial charge on any atom is -0.462 e. The van der Waals surface area contributed by atoms with Crippen molar-refractivity contribution in [1.82, 2.24) is 4.90 Å². The predicted octanol–water partition coefficient (Wildman–Crippen LogP) is 2.64. The molecule has 0 N–H and O–H groups in total. The fourth-order valence-electron chi connectivity index (χ4n) is 2.35. The third-order valence-electron chi connectivity index (χ3n) is 3.49. The van der Waals surface area contributed by atoms with Gasteiger partial charge in [0.15, 0.2) is 0 Å². The lowest BCUT2D eigenvalue weighted by Gasteiger charge is -2.26. The minimum absolute atomic E-state index is 0.181. The van der Waals surface area contributed by atoms with Crippen LogP contribution in [0.4, 0.5) is 0 Å². The molecule has 2 rings (SSSR count). The summed E-state index contributed by atoms with van der Waals surface area (Å²) < 4.78 is 5.16. The van der Waals surface area contributed by atoms with Crippen molar-refractivity contribution in [1.29, 1.82) is 0 Å². The number of ether oxygens (including phenoxy) is 1. The zero-order valence-corrected chi connectivity index (χ0v) is 11.7. The maximum Gasteiger partial charge on any atom is 0.338 e. The van der Waals surface area contributed by atoms with Crippen LogP contribution in [0.5, 0.6) is 0 Å². The van der Waals surface area contributed by atoms with Gasteiger partial charge in [0, 0.05) is 19.5 Å². The van der Waals surface area contributed by atoms with Crippen LogP contribution >= 0.6 is 0 Å². The number of amides is 1. The zero-order valence-electron chi connectivity index (χ0n) is 11.7. The lowest BCUT2D eigenvalue weighted by Crippen LogP contribution is -2.35. The highest BCUT2D eigenvalue weighted by Crippen LogP contribution is 2.11. The first-order chi connectivity index (χ1) is 9.77. The Bertz CT molecular complexity index is 438. The highest BCUT2D eigenvalue weighted by Gasteiger charge is 2.16. The first kappa shape index (κ1) is 14.6. The summed E-state index contributed by atoms with van der Waals surface area (Å²) in [5, 5.41) is 0. The van der Waals surface area contributed by atoms with Gasteiger partial charge in [0.05, 0.1) is 12.2 Å². The third-order valence-corrected chi connectivity index (χ3v) is 3.49. The van der Waals surface area contributed by atoms with Crippen molar-refractivity contribution in [2.45, 2.75) is 32.1 Å². The molecule has 1 amide bonds. The van der Waals surface area contributed by atoms with Crippen LogP contribution in [0.25, 0.3) is 0 Å². The third kappa shape index (κ3) is 4.37. The molecule has 0 radical (unpaired) electrons. The van der Waals surface area contributed by atoms with Crippen LogP contribution in [-0.4, -0.2) is 36.5 Å². The summed E-state index contributed by atoms with van der Waals surface area (Å²) in [4.78, 5) is 25.5. The second kappa shape index (κ2) is 7.68. The SMILES string of the molecule is O=C(OCCCC(=O)N1CCCCC1)c1ccccc1. The fraction of sp³-hybridized carbons (Fsp3) is 0.500. The van der Waals surface area contributed by atoms with E-state index in [1.54, 1.807) is 24.3 Å². The quantitative estimate of drug-likeness (QED) is 0.613. The van der Waals surface area contributed by atoms with Crippen LogP contribution in [0.15, 0.2) is 30.3 Å². The van der Waals surface area contributed by atoms with E-state index in [9.17, 15) is 9.59 Å². The van der Waals surface area contributed by atoms with Gasteiger partial charge in [-0.05, 0) is 37.8 Å². The first-order valence-electron chi connectivity index (χ1n) is 7.27. The molecule has 1 saturated heterocycles. The van der Waals surface area contributed by atoms with E-state index in [4.69, 9.17) is 4.74 Å². The smallest absolute Gasteiger partial charge is 0.338 e. The summed E-state index contributed by atoms with van der Waals surface area (Å²) in [6.07, 6.45) is 4.48. The van der Waals surface area contributed by atoms with E-state index < -0.39 is 0 Å². The number of nitrogens with zero attached hydrogens (tertiary/aromatic N) is 1. The van der Waals surface area contributed by atoms with E-state index in [1.165, 1.54) is 6.42 Å². The topological polar surface area (TPSA) is 46.6 Å². The molecule has 0 bridgehead atoms. The highest BCUT2D eigenvalue weighted by atomic mass is 16.5. The van der Waals surface area contributed by atoms with Crippen LogP contribution < -0.4 is 0 Å². The Labute approximate surface area is 119 Å². The van der Waals surface area contributed by atoms with E-state index in [-0.39, 0.29) is 11.9 Å². The second-order valence-corrected chi connectivity index (χ2v) is 5.05. The van der Waals surface area contributed by atoms with Crippen molar-refractivity contribution in [3.63, 3.8) is 0 Å². The number of likely N-dealkylation sites (tertiary alicyclic amines) is 1. The van der Waals surface area contributed by atoms with Crippen molar-refractivity contribution in [3.8, 4) is 0 Å². The average Bonchev–Trinajstić information content (AvgIpc) is 2.53. The number of carbonyl (C=O) groups excluding carboxylic acids is 2. The lowest BCUT2D eigenvalue weighted by molar-refractivity contribution is -0.132. The van der Waals surface area contributed by atoms with Gasteiger partial charge in [-0.1, -0.05) is 18.2 Å². The van der Waals surface area contributed by atoms with E-state index >= 15 is 0 Å². The average molecular weight is 275 g/mol. The van der Waals surface area contributed by atoms with Gasteiger partial charge in [0.2, 0.25) is 5.91 Å².